The molecule has 3 N–H and O–H groups in total. The van der Waals surface area contributed by atoms with Gasteiger partial charge in [0.05, 0.1) is 42.3 Å². The molecule has 0 radical (unpaired) electrons. The molecule has 1 saturated carbocycles. The third kappa shape index (κ3) is 10.4. The Morgan fingerprint density at radius 3 is 2.55 bits per heavy atom. The summed E-state index contributed by atoms with van der Waals surface area (Å²) in [6.45, 7) is 6.87. The van der Waals surface area contributed by atoms with Gasteiger partial charge in [0, 0.05) is 49.3 Å². The Morgan fingerprint density at radius 2 is 1.81 bits per heavy atom. The Hall–Kier alpha value is -3.63. The van der Waals surface area contributed by atoms with Crippen LogP contribution in [0.5, 0.6) is 0 Å². The molecule has 1 atom stereocenters. The van der Waals surface area contributed by atoms with Crippen LogP contribution in [0.3, 0.4) is 0 Å². The Kier molecular flexibility index (Phi) is 11.8. The fraction of sp³-hybridized carbons (Fsp3) is 0.543. The number of hydrogen-bond donors (Lipinski definition) is 3. The Bertz CT molecular complexity index is 1630. The lowest BCUT2D eigenvalue weighted by Crippen LogP contribution is -2.41. The summed E-state index contributed by atoms with van der Waals surface area (Å²) in [6.07, 6.45) is 9.99. The summed E-state index contributed by atoms with van der Waals surface area (Å²) in [6, 6.07) is 16.6. The summed E-state index contributed by atoms with van der Waals surface area (Å²) in [5.41, 5.74) is 4.46. The van der Waals surface area contributed by atoms with Crippen molar-refractivity contribution < 1.29 is 17.9 Å². The number of pyridine rings is 3. The van der Waals surface area contributed by atoms with Gasteiger partial charge in [0.15, 0.2) is 0 Å². The van der Waals surface area contributed by atoms with E-state index in [1.54, 1.807) is 12.1 Å². The van der Waals surface area contributed by atoms with E-state index in [0.29, 0.717) is 56.4 Å². The maximum atomic E-state index is 11.5. The van der Waals surface area contributed by atoms with E-state index in [-0.39, 0.29) is 6.04 Å². The number of nitrogens with zero attached hydrogens (tertiary/aromatic N) is 4. The van der Waals surface area contributed by atoms with Gasteiger partial charge in [-0.25, -0.2) is 18.4 Å². The van der Waals surface area contributed by atoms with Crippen molar-refractivity contribution >= 4 is 21.7 Å². The molecular weight excluding hydrogens is 614 g/mol. The molecular formula is C35H47N7O4S. The number of aromatic nitrogens is 3. The monoisotopic (exact) mass is 661 g/mol. The Labute approximate surface area is 279 Å². The molecule has 0 spiro atoms. The van der Waals surface area contributed by atoms with E-state index in [2.05, 4.69) is 46.3 Å². The maximum absolute atomic E-state index is 11.5. The molecule has 3 aromatic heterocycles. The number of nitriles is 1. The number of anilines is 2. The van der Waals surface area contributed by atoms with Gasteiger partial charge < -0.3 is 20.1 Å². The SMILES string of the molecule is Cc1cnc(CC2CCC(N[C@@H](C)COCc3cccc(NS(C)(=O)=O)n3)CC2)cc1-c1cccc(NCC2(C#N)CCOCC2)n1. The third-order valence-corrected chi connectivity index (χ3v) is 9.64. The molecule has 1 aliphatic heterocycles. The summed E-state index contributed by atoms with van der Waals surface area (Å²) < 4.78 is 36.7. The number of rotatable bonds is 14. The molecule has 252 valence electrons. The molecule has 1 aliphatic carbocycles. The molecule has 0 amide bonds. The van der Waals surface area contributed by atoms with E-state index in [4.69, 9.17) is 19.4 Å². The van der Waals surface area contributed by atoms with Gasteiger partial charge in [-0.05, 0) is 101 Å². The molecule has 47 heavy (non-hydrogen) atoms. The first-order chi connectivity index (χ1) is 22.6. The lowest BCUT2D eigenvalue weighted by atomic mass is 9.82. The highest BCUT2D eigenvalue weighted by Gasteiger charge is 2.32. The predicted molar refractivity (Wildman–Crippen MR) is 183 cm³/mol. The van der Waals surface area contributed by atoms with E-state index < -0.39 is 15.4 Å². The lowest BCUT2D eigenvalue weighted by Gasteiger charge is -2.31. The molecule has 11 nitrogen and oxygen atoms in total. The number of sulfonamides is 1. The van der Waals surface area contributed by atoms with E-state index in [0.717, 1.165) is 79.5 Å². The summed E-state index contributed by atoms with van der Waals surface area (Å²) in [7, 11) is -3.37. The molecule has 2 fully saturated rings. The molecule has 4 heterocycles. The molecule has 0 unspecified atom stereocenters. The first-order valence-corrected chi connectivity index (χ1v) is 18.4. The van der Waals surface area contributed by atoms with Crippen LogP contribution in [0.15, 0.2) is 48.7 Å². The van der Waals surface area contributed by atoms with Crippen molar-refractivity contribution in [3.05, 3.63) is 65.6 Å². The minimum Gasteiger partial charge on any atom is -0.381 e. The zero-order valence-electron chi connectivity index (χ0n) is 27.7. The summed E-state index contributed by atoms with van der Waals surface area (Å²) in [4.78, 5) is 14.0. The topological polar surface area (TPSA) is 151 Å². The first-order valence-electron chi connectivity index (χ1n) is 16.5. The lowest BCUT2D eigenvalue weighted by molar-refractivity contribution is 0.0455. The average Bonchev–Trinajstić information content (AvgIpc) is 3.05. The summed E-state index contributed by atoms with van der Waals surface area (Å²) >= 11 is 0. The van der Waals surface area contributed by atoms with Gasteiger partial charge in [-0.3, -0.25) is 9.71 Å². The van der Waals surface area contributed by atoms with Crippen molar-refractivity contribution in [1.29, 1.82) is 5.26 Å². The largest absolute Gasteiger partial charge is 0.381 e. The first kappa shape index (κ1) is 34.7. The van der Waals surface area contributed by atoms with Crippen LogP contribution >= 0.6 is 0 Å². The molecule has 0 aromatic carbocycles. The third-order valence-electron chi connectivity index (χ3n) is 9.06. The van der Waals surface area contributed by atoms with E-state index in [9.17, 15) is 13.7 Å². The highest BCUT2D eigenvalue weighted by Crippen LogP contribution is 2.31. The summed E-state index contributed by atoms with van der Waals surface area (Å²) in [5.74, 6) is 1.66. The van der Waals surface area contributed by atoms with Crippen LogP contribution in [0.4, 0.5) is 11.6 Å². The van der Waals surface area contributed by atoms with Crippen molar-refractivity contribution in [3.8, 4) is 17.3 Å². The van der Waals surface area contributed by atoms with Crippen LogP contribution in [0, 0.1) is 29.6 Å². The fourth-order valence-electron chi connectivity index (χ4n) is 6.41. The highest BCUT2D eigenvalue weighted by molar-refractivity contribution is 7.92. The van der Waals surface area contributed by atoms with Gasteiger partial charge in [-0.1, -0.05) is 12.1 Å². The maximum Gasteiger partial charge on any atom is 0.230 e. The fourth-order valence-corrected chi connectivity index (χ4v) is 6.91. The average molecular weight is 662 g/mol. The smallest absolute Gasteiger partial charge is 0.230 e. The summed E-state index contributed by atoms with van der Waals surface area (Å²) in [5, 5.41) is 16.9. The second kappa shape index (κ2) is 16.0. The molecule has 1 saturated heterocycles. The molecule has 0 bridgehead atoms. The minimum atomic E-state index is -3.37. The van der Waals surface area contributed by atoms with Crippen molar-refractivity contribution in [1.82, 2.24) is 20.3 Å². The van der Waals surface area contributed by atoms with Gasteiger partial charge in [0.2, 0.25) is 10.0 Å². The van der Waals surface area contributed by atoms with Crippen LogP contribution in [-0.4, -0.2) is 68.1 Å². The van der Waals surface area contributed by atoms with Gasteiger partial charge in [-0.2, -0.15) is 5.26 Å². The normalized spacial score (nSPS) is 20.2. The number of aryl methyl sites for hydroxylation is 1. The van der Waals surface area contributed by atoms with Crippen molar-refractivity contribution in [2.45, 2.75) is 77.5 Å². The van der Waals surface area contributed by atoms with Gasteiger partial charge in [0.25, 0.3) is 0 Å². The zero-order chi connectivity index (χ0) is 33.3. The Morgan fingerprint density at radius 1 is 1.06 bits per heavy atom. The second-order valence-electron chi connectivity index (χ2n) is 13.1. The van der Waals surface area contributed by atoms with Gasteiger partial charge in [-0.15, -0.1) is 0 Å². The van der Waals surface area contributed by atoms with Crippen LogP contribution in [-0.2, 0) is 32.5 Å². The van der Waals surface area contributed by atoms with E-state index in [1.165, 1.54) is 0 Å². The molecule has 12 heteroatoms. The molecule has 5 rings (SSSR count). The van der Waals surface area contributed by atoms with Crippen LogP contribution < -0.4 is 15.4 Å². The number of hydrogen-bond acceptors (Lipinski definition) is 10. The minimum absolute atomic E-state index is 0.190. The van der Waals surface area contributed by atoms with Crippen LogP contribution in [0.1, 0.15) is 62.4 Å². The predicted octanol–water partition coefficient (Wildman–Crippen LogP) is 5.25. The van der Waals surface area contributed by atoms with E-state index in [1.807, 2.05) is 30.5 Å². The van der Waals surface area contributed by atoms with Crippen molar-refractivity contribution in [3.63, 3.8) is 0 Å². The standard InChI is InChI=1S/C35H47N7O4S/c1-25-20-37-30(19-31(25)32-7-5-8-33(41-32)38-24-35(23-36)14-16-45-17-15-35)18-27-10-12-28(13-11-27)39-26(2)21-46-22-29-6-4-9-34(40-29)42-47(3,43)44/h4-9,19-20,26-28,39H,10-18,21-22,24H2,1-3H3,(H,38,41)(H,40,42)/t26-,27?,28?/m0/s1. The quantitative estimate of drug-likeness (QED) is 0.209. The van der Waals surface area contributed by atoms with Gasteiger partial charge in [0.1, 0.15) is 11.6 Å². The zero-order valence-corrected chi connectivity index (χ0v) is 28.5. The highest BCUT2D eigenvalue weighted by atomic mass is 32.2. The van der Waals surface area contributed by atoms with E-state index >= 15 is 0 Å². The Balaban J connectivity index is 1.07. The molecule has 2 aliphatic rings. The van der Waals surface area contributed by atoms with Crippen LogP contribution in [0.2, 0.25) is 0 Å². The number of ether oxygens (including phenoxy) is 2. The van der Waals surface area contributed by atoms with Crippen LogP contribution in [0.25, 0.3) is 11.3 Å². The molecule has 3 aromatic rings. The van der Waals surface area contributed by atoms with Crippen molar-refractivity contribution in [2.24, 2.45) is 11.3 Å². The van der Waals surface area contributed by atoms with Crippen molar-refractivity contribution in [2.75, 3.05) is 42.7 Å². The number of nitrogens with one attached hydrogen (secondary N) is 3. The second-order valence-corrected chi connectivity index (χ2v) is 14.9. The van der Waals surface area contributed by atoms with Gasteiger partial charge >= 0.3 is 0 Å².